The van der Waals surface area contributed by atoms with Crippen LogP contribution in [-0.4, -0.2) is 26.5 Å². The van der Waals surface area contributed by atoms with Crippen molar-refractivity contribution in [3.8, 4) is 0 Å². The van der Waals surface area contributed by atoms with Gasteiger partial charge in [-0.15, -0.1) is 0 Å². The first-order chi connectivity index (χ1) is 9.65. The van der Waals surface area contributed by atoms with Gasteiger partial charge < -0.3 is 14.8 Å². The van der Waals surface area contributed by atoms with Gasteiger partial charge in [-0.2, -0.15) is 5.10 Å². The molecule has 2 aromatic rings. The predicted octanol–water partition coefficient (Wildman–Crippen LogP) is 1.05. The molecule has 0 spiro atoms. The average molecular weight is 299 g/mol. The van der Waals surface area contributed by atoms with Crippen LogP contribution in [0.15, 0.2) is 21.6 Å². The highest BCUT2D eigenvalue weighted by Gasteiger charge is 2.10. The number of hydrogen-bond donors (Lipinski definition) is 2. The molecule has 0 amide bonds. The number of aliphatic hydroxyl groups is 1. The molecule has 0 aliphatic carbocycles. The summed E-state index contributed by atoms with van der Waals surface area (Å²) >= 11 is 5.96. The zero-order valence-corrected chi connectivity index (χ0v) is 11.7. The monoisotopic (exact) mass is 298 g/mol. The number of hydrogen-bond acceptors (Lipinski definition) is 6. The first-order valence-corrected chi connectivity index (χ1v) is 6.57. The van der Waals surface area contributed by atoms with E-state index >= 15 is 0 Å². The number of nitrogens with one attached hydrogen (secondary N) is 1. The largest absolute Gasteiger partial charge is 0.444 e. The van der Waals surface area contributed by atoms with E-state index in [1.54, 1.807) is 6.20 Å². The number of aliphatic hydroxyl groups excluding tert-OH is 1. The molecule has 0 bridgehead atoms. The number of aromatic nitrogens is 3. The molecule has 0 fully saturated rings. The van der Waals surface area contributed by atoms with Crippen LogP contribution < -0.4 is 10.9 Å². The molecular formula is C12H15ClN4O3. The van der Waals surface area contributed by atoms with Crippen molar-refractivity contribution in [1.82, 2.24) is 14.8 Å². The molecule has 8 heteroatoms. The van der Waals surface area contributed by atoms with Crippen molar-refractivity contribution in [2.75, 3.05) is 11.9 Å². The van der Waals surface area contributed by atoms with Crippen molar-refractivity contribution >= 4 is 17.3 Å². The lowest BCUT2D eigenvalue weighted by Gasteiger charge is -2.08. The van der Waals surface area contributed by atoms with Gasteiger partial charge in [0.05, 0.1) is 37.8 Å². The second-order valence-electron chi connectivity index (χ2n) is 4.05. The number of anilines is 1. The molecule has 0 atom stereocenters. The van der Waals surface area contributed by atoms with Gasteiger partial charge in [-0.05, 0) is 0 Å². The van der Waals surface area contributed by atoms with Crippen LogP contribution in [0.5, 0.6) is 0 Å². The van der Waals surface area contributed by atoms with Gasteiger partial charge in [0.2, 0.25) is 5.89 Å². The van der Waals surface area contributed by atoms with Crippen LogP contribution in [0, 0.1) is 0 Å². The van der Waals surface area contributed by atoms with E-state index in [0.717, 1.165) is 16.9 Å². The van der Waals surface area contributed by atoms with Gasteiger partial charge in [-0.1, -0.05) is 18.5 Å². The van der Waals surface area contributed by atoms with E-state index < -0.39 is 5.56 Å². The zero-order chi connectivity index (χ0) is 14.5. The molecular weight excluding hydrogens is 284 g/mol. The second kappa shape index (κ2) is 6.53. The Bertz CT molecular complexity index is 638. The maximum Gasteiger partial charge on any atom is 0.287 e. The van der Waals surface area contributed by atoms with Crippen LogP contribution in [0.2, 0.25) is 5.02 Å². The third-order valence-corrected chi connectivity index (χ3v) is 3.04. The second-order valence-corrected chi connectivity index (χ2v) is 4.43. The molecule has 0 saturated heterocycles. The Morgan fingerprint density at radius 2 is 2.30 bits per heavy atom. The quantitative estimate of drug-likeness (QED) is 0.828. The molecule has 0 aromatic carbocycles. The Morgan fingerprint density at radius 1 is 1.50 bits per heavy atom. The van der Waals surface area contributed by atoms with Crippen LogP contribution in [-0.2, 0) is 19.5 Å². The molecule has 2 N–H and O–H groups in total. The Labute approximate surface area is 120 Å². The van der Waals surface area contributed by atoms with Crippen molar-refractivity contribution in [2.45, 2.75) is 26.4 Å². The smallest absolute Gasteiger partial charge is 0.287 e. The minimum Gasteiger partial charge on any atom is -0.444 e. The first kappa shape index (κ1) is 14.5. The average Bonchev–Trinajstić information content (AvgIpc) is 2.91. The number of oxazole rings is 1. The predicted molar refractivity (Wildman–Crippen MR) is 73.8 cm³/mol. The van der Waals surface area contributed by atoms with Crippen molar-refractivity contribution in [2.24, 2.45) is 0 Å². The van der Waals surface area contributed by atoms with Crippen LogP contribution >= 0.6 is 11.6 Å². The molecule has 108 valence electrons. The lowest BCUT2D eigenvalue weighted by atomic mass is 10.4. The van der Waals surface area contributed by atoms with Crippen molar-refractivity contribution in [1.29, 1.82) is 0 Å². The molecule has 20 heavy (non-hydrogen) atoms. The van der Waals surface area contributed by atoms with Gasteiger partial charge in [-0.25, -0.2) is 9.67 Å². The Hall–Kier alpha value is -1.86. The van der Waals surface area contributed by atoms with E-state index in [2.05, 4.69) is 15.4 Å². The van der Waals surface area contributed by atoms with Gasteiger partial charge in [0, 0.05) is 6.42 Å². The third kappa shape index (κ3) is 3.17. The molecule has 2 heterocycles. The van der Waals surface area contributed by atoms with E-state index in [1.165, 1.54) is 6.20 Å². The van der Waals surface area contributed by atoms with E-state index in [0.29, 0.717) is 18.1 Å². The molecule has 0 aliphatic rings. The Kier molecular flexibility index (Phi) is 4.75. The van der Waals surface area contributed by atoms with Crippen LogP contribution in [0.4, 0.5) is 5.69 Å². The van der Waals surface area contributed by atoms with Crippen molar-refractivity contribution in [3.05, 3.63) is 39.4 Å². The highest BCUT2D eigenvalue weighted by molar-refractivity contribution is 6.32. The van der Waals surface area contributed by atoms with Crippen molar-refractivity contribution < 1.29 is 9.52 Å². The molecule has 7 nitrogen and oxygen atoms in total. The summed E-state index contributed by atoms with van der Waals surface area (Å²) in [7, 11) is 0. The molecule has 2 aromatic heterocycles. The molecule has 2 rings (SSSR count). The van der Waals surface area contributed by atoms with E-state index in [4.69, 9.17) is 21.1 Å². The number of halogens is 1. The summed E-state index contributed by atoms with van der Waals surface area (Å²) in [6.45, 7) is 2.22. The van der Waals surface area contributed by atoms with Gasteiger partial charge >= 0.3 is 0 Å². The van der Waals surface area contributed by atoms with Gasteiger partial charge in [-0.3, -0.25) is 4.79 Å². The molecule has 0 saturated carbocycles. The summed E-state index contributed by atoms with van der Waals surface area (Å²) in [4.78, 5) is 15.9. The van der Waals surface area contributed by atoms with Crippen LogP contribution in [0.25, 0.3) is 0 Å². The number of aryl methyl sites for hydroxylation is 1. The Morgan fingerprint density at radius 3 is 2.95 bits per heavy atom. The highest BCUT2D eigenvalue weighted by atomic mass is 35.5. The van der Waals surface area contributed by atoms with E-state index in [9.17, 15) is 4.79 Å². The SMILES string of the molecule is CCc1cnc(CNc2cnn(CCO)c(=O)c2Cl)o1. The zero-order valence-electron chi connectivity index (χ0n) is 11.0. The maximum absolute atomic E-state index is 11.8. The summed E-state index contributed by atoms with van der Waals surface area (Å²) < 4.78 is 6.54. The highest BCUT2D eigenvalue weighted by Crippen LogP contribution is 2.16. The summed E-state index contributed by atoms with van der Waals surface area (Å²) in [5.74, 6) is 1.31. The van der Waals surface area contributed by atoms with Gasteiger partial charge in [0.15, 0.2) is 0 Å². The lowest BCUT2D eigenvalue weighted by Crippen LogP contribution is -2.25. The first-order valence-electron chi connectivity index (χ1n) is 6.19. The Balaban J connectivity index is 2.10. The minimum atomic E-state index is -0.452. The summed E-state index contributed by atoms with van der Waals surface area (Å²) in [6, 6.07) is 0. The lowest BCUT2D eigenvalue weighted by molar-refractivity contribution is 0.266. The topological polar surface area (TPSA) is 93.2 Å². The number of nitrogens with zero attached hydrogens (tertiary/aromatic N) is 3. The fraction of sp³-hybridized carbons (Fsp3) is 0.417. The standard InChI is InChI=1S/C12H15ClN4O3/c1-2-8-5-15-10(20-8)7-14-9-6-16-17(3-4-18)12(19)11(9)13/h5-6,14,18H,2-4,7H2,1H3. The summed E-state index contributed by atoms with van der Waals surface area (Å²) in [5, 5.41) is 15.7. The fourth-order valence-corrected chi connectivity index (χ4v) is 1.82. The van der Waals surface area contributed by atoms with Crippen LogP contribution in [0.3, 0.4) is 0 Å². The van der Waals surface area contributed by atoms with Crippen molar-refractivity contribution in [3.63, 3.8) is 0 Å². The van der Waals surface area contributed by atoms with E-state index in [-0.39, 0.29) is 18.2 Å². The summed E-state index contributed by atoms with van der Waals surface area (Å²) in [5.41, 5.74) is -0.0468. The normalized spacial score (nSPS) is 10.8. The summed E-state index contributed by atoms with van der Waals surface area (Å²) in [6.07, 6.45) is 3.87. The van der Waals surface area contributed by atoms with E-state index in [1.807, 2.05) is 6.92 Å². The molecule has 0 radical (unpaired) electrons. The molecule has 0 aliphatic heterocycles. The fourth-order valence-electron chi connectivity index (χ4n) is 1.61. The van der Waals surface area contributed by atoms with Gasteiger partial charge in [0.25, 0.3) is 5.56 Å². The maximum atomic E-state index is 11.8. The third-order valence-electron chi connectivity index (χ3n) is 2.68. The van der Waals surface area contributed by atoms with Gasteiger partial charge in [0.1, 0.15) is 10.8 Å². The van der Waals surface area contributed by atoms with Crippen LogP contribution in [0.1, 0.15) is 18.6 Å². The number of rotatable bonds is 6. The molecule has 0 unspecified atom stereocenters. The minimum absolute atomic E-state index is 0.0238.